The molecule has 0 unspecified atom stereocenters. The third kappa shape index (κ3) is 2.31. The van der Waals surface area contributed by atoms with Gasteiger partial charge in [0.05, 0.1) is 7.11 Å². The highest BCUT2D eigenvalue weighted by molar-refractivity contribution is 5.35. The van der Waals surface area contributed by atoms with Gasteiger partial charge < -0.3 is 14.6 Å². The van der Waals surface area contributed by atoms with Gasteiger partial charge in [-0.1, -0.05) is 23.4 Å². The Kier molecular flexibility index (Phi) is 3.05. The highest BCUT2D eigenvalue weighted by Gasteiger charge is 2.04. The van der Waals surface area contributed by atoms with Crippen molar-refractivity contribution in [1.82, 2.24) is 10.1 Å². The summed E-state index contributed by atoms with van der Waals surface area (Å²) in [5, 5.41) is 6.73. The van der Waals surface area contributed by atoms with Crippen molar-refractivity contribution in [3.8, 4) is 5.75 Å². The molecular weight excluding hydrogens is 206 g/mol. The number of benzene rings is 1. The Labute approximate surface area is 93.4 Å². The van der Waals surface area contributed by atoms with Crippen molar-refractivity contribution < 1.29 is 9.26 Å². The minimum atomic E-state index is 0.420. The summed E-state index contributed by atoms with van der Waals surface area (Å²) in [6.07, 6.45) is 0. The predicted molar refractivity (Wildman–Crippen MR) is 59.4 cm³/mol. The number of methoxy groups -OCH3 is 1. The lowest BCUT2D eigenvalue weighted by molar-refractivity contribution is 0.408. The largest absolute Gasteiger partial charge is 0.496 e. The number of aryl methyl sites for hydroxylation is 1. The average Bonchev–Trinajstić information content (AvgIpc) is 2.73. The topological polar surface area (TPSA) is 60.2 Å². The Morgan fingerprint density at radius 2 is 2.19 bits per heavy atom. The van der Waals surface area contributed by atoms with Crippen LogP contribution in [-0.2, 0) is 6.54 Å². The number of nitrogens with one attached hydrogen (secondary N) is 1. The Morgan fingerprint density at radius 1 is 1.38 bits per heavy atom. The molecule has 0 aliphatic carbocycles. The van der Waals surface area contributed by atoms with Crippen LogP contribution >= 0.6 is 0 Å². The summed E-state index contributed by atoms with van der Waals surface area (Å²) in [5.41, 5.74) is 1.04. The van der Waals surface area contributed by atoms with Crippen LogP contribution in [0.1, 0.15) is 11.4 Å². The molecule has 5 nitrogen and oxygen atoms in total. The molecule has 0 spiro atoms. The van der Waals surface area contributed by atoms with E-state index in [4.69, 9.17) is 9.26 Å². The van der Waals surface area contributed by atoms with Crippen LogP contribution in [0, 0.1) is 6.92 Å². The molecule has 16 heavy (non-hydrogen) atoms. The molecule has 0 atom stereocenters. The summed E-state index contributed by atoms with van der Waals surface area (Å²) in [5.74, 6) is 1.45. The monoisotopic (exact) mass is 219 g/mol. The van der Waals surface area contributed by atoms with Gasteiger partial charge in [0.15, 0.2) is 5.82 Å². The lowest BCUT2D eigenvalue weighted by Gasteiger charge is -2.07. The van der Waals surface area contributed by atoms with Crippen LogP contribution in [0.15, 0.2) is 28.8 Å². The lowest BCUT2D eigenvalue weighted by Crippen LogP contribution is -2.01. The Balaban J connectivity index is 2.04. The second-order valence-electron chi connectivity index (χ2n) is 3.31. The number of aromatic nitrogens is 2. The van der Waals surface area contributed by atoms with Crippen molar-refractivity contribution in [2.45, 2.75) is 13.5 Å². The third-order valence-corrected chi connectivity index (χ3v) is 2.15. The molecule has 0 aliphatic heterocycles. The number of ether oxygens (including phenoxy) is 1. The highest BCUT2D eigenvalue weighted by atomic mass is 16.5. The summed E-state index contributed by atoms with van der Waals surface area (Å²) in [6.45, 7) is 2.36. The van der Waals surface area contributed by atoms with Crippen LogP contribution in [0.3, 0.4) is 0 Å². The summed E-state index contributed by atoms with van der Waals surface area (Å²) in [7, 11) is 1.65. The molecule has 0 radical (unpaired) electrons. The van der Waals surface area contributed by atoms with Crippen molar-refractivity contribution in [3.05, 3.63) is 35.7 Å². The number of para-hydroxylation sites is 1. The van der Waals surface area contributed by atoms with E-state index in [1.165, 1.54) is 0 Å². The zero-order valence-corrected chi connectivity index (χ0v) is 9.23. The van der Waals surface area contributed by atoms with Gasteiger partial charge in [-0.25, -0.2) is 0 Å². The predicted octanol–water partition coefficient (Wildman–Crippen LogP) is 2.00. The van der Waals surface area contributed by atoms with Gasteiger partial charge in [-0.3, -0.25) is 0 Å². The summed E-state index contributed by atoms with van der Waals surface area (Å²) >= 11 is 0. The van der Waals surface area contributed by atoms with Gasteiger partial charge >= 0.3 is 6.01 Å². The molecule has 1 aromatic heterocycles. The summed E-state index contributed by atoms with van der Waals surface area (Å²) in [4.78, 5) is 4.05. The van der Waals surface area contributed by atoms with E-state index in [-0.39, 0.29) is 0 Å². The van der Waals surface area contributed by atoms with Crippen LogP contribution < -0.4 is 10.1 Å². The highest BCUT2D eigenvalue weighted by Crippen LogP contribution is 2.18. The van der Waals surface area contributed by atoms with Crippen molar-refractivity contribution in [2.24, 2.45) is 0 Å². The van der Waals surface area contributed by atoms with Gasteiger partial charge in [0, 0.05) is 12.1 Å². The molecule has 84 valence electrons. The second kappa shape index (κ2) is 4.65. The normalized spacial score (nSPS) is 10.1. The van der Waals surface area contributed by atoms with E-state index in [9.17, 15) is 0 Å². The van der Waals surface area contributed by atoms with E-state index in [1.54, 1.807) is 14.0 Å². The zero-order valence-electron chi connectivity index (χ0n) is 9.23. The molecule has 0 saturated heterocycles. The van der Waals surface area contributed by atoms with Crippen molar-refractivity contribution in [2.75, 3.05) is 12.4 Å². The van der Waals surface area contributed by atoms with E-state index in [1.807, 2.05) is 24.3 Å². The fraction of sp³-hybridized carbons (Fsp3) is 0.273. The molecule has 0 saturated carbocycles. The first-order valence-electron chi connectivity index (χ1n) is 4.95. The van der Waals surface area contributed by atoms with Gasteiger partial charge in [0.2, 0.25) is 0 Å². The fourth-order valence-corrected chi connectivity index (χ4v) is 1.39. The van der Waals surface area contributed by atoms with Gasteiger partial charge in [-0.15, -0.1) is 0 Å². The first-order valence-corrected chi connectivity index (χ1v) is 4.95. The molecule has 5 heteroatoms. The molecular formula is C11H13N3O2. The van der Waals surface area contributed by atoms with Gasteiger partial charge in [-0.2, -0.15) is 4.98 Å². The van der Waals surface area contributed by atoms with Crippen LogP contribution in [-0.4, -0.2) is 17.3 Å². The number of hydrogen-bond donors (Lipinski definition) is 1. The smallest absolute Gasteiger partial charge is 0.321 e. The molecule has 1 aromatic carbocycles. The first kappa shape index (κ1) is 10.5. The Hall–Kier alpha value is -2.04. The number of rotatable bonds is 4. The maximum absolute atomic E-state index is 5.23. The average molecular weight is 219 g/mol. The quantitative estimate of drug-likeness (QED) is 0.852. The van der Waals surface area contributed by atoms with Crippen LogP contribution in [0.5, 0.6) is 5.75 Å². The maximum Gasteiger partial charge on any atom is 0.321 e. The number of hydrogen-bond acceptors (Lipinski definition) is 5. The number of anilines is 1. The molecule has 0 aliphatic rings. The summed E-state index contributed by atoms with van der Waals surface area (Å²) < 4.78 is 10.2. The molecule has 2 rings (SSSR count). The van der Waals surface area contributed by atoms with Gasteiger partial charge in [0.25, 0.3) is 0 Å². The van der Waals surface area contributed by atoms with Crippen molar-refractivity contribution >= 4 is 6.01 Å². The van der Waals surface area contributed by atoms with E-state index >= 15 is 0 Å². The second-order valence-corrected chi connectivity index (χ2v) is 3.31. The van der Waals surface area contributed by atoms with Gasteiger partial charge in [0.1, 0.15) is 5.75 Å². The molecule has 0 fully saturated rings. The standard InChI is InChI=1S/C11H13N3O2/c1-8-13-11(16-14-8)12-7-9-5-3-4-6-10(9)15-2/h3-6H,7H2,1-2H3,(H,12,13,14). The number of nitrogens with zero attached hydrogens (tertiary/aromatic N) is 2. The van der Waals surface area contributed by atoms with Gasteiger partial charge in [-0.05, 0) is 13.0 Å². The van der Waals surface area contributed by atoms with Crippen molar-refractivity contribution in [1.29, 1.82) is 0 Å². The SMILES string of the molecule is COc1ccccc1CNc1nc(C)no1. The Morgan fingerprint density at radius 3 is 2.88 bits per heavy atom. The molecule has 2 aromatic rings. The molecule has 0 amide bonds. The third-order valence-electron chi connectivity index (χ3n) is 2.15. The van der Waals surface area contributed by atoms with Crippen molar-refractivity contribution in [3.63, 3.8) is 0 Å². The zero-order chi connectivity index (χ0) is 11.4. The minimum absolute atomic E-state index is 0.420. The fourth-order valence-electron chi connectivity index (χ4n) is 1.39. The van der Waals surface area contributed by atoms with Crippen LogP contribution in [0.25, 0.3) is 0 Å². The first-order chi connectivity index (χ1) is 7.79. The van der Waals surface area contributed by atoms with E-state index in [0.717, 1.165) is 11.3 Å². The van der Waals surface area contributed by atoms with E-state index in [2.05, 4.69) is 15.5 Å². The Bertz CT molecular complexity index is 468. The van der Waals surface area contributed by atoms with E-state index < -0.39 is 0 Å². The molecule has 0 bridgehead atoms. The minimum Gasteiger partial charge on any atom is -0.496 e. The molecule has 1 heterocycles. The van der Waals surface area contributed by atoms with Crippen LogP contribution in [0.4, 0.5) is 6.01 Å². The molecule has 1 N–H and O–H groups in total. The van der Waals surface area contributed by atoms with Crippen LogP contribution in [0.2, 0.25) is 0 Å². The lowest BCUT2D eigenvalue weighted by atomic mass is 10.2. The summed E-state index contributed by atoms with van der Waals surface area (Å²) in [6, 6.07) is 8.20. The maximum atomic E-state index is 5.23. The van der Waals surface area contributed by atoms with E-state index in [0.29, 0.717) is 18.4 Å².